The molecule has 17 heavy (non-hydrogen) atoms. The van der Waals surface area contributed by atoms with Gasteiger partial charge in [0.25, 0.3) is 0 Å². The minimum Gasteiger partial charge on any atom is -0.330 e. The number of hydrogen-bond donors (Lipinski definition) is 1. The lowest BCUT2D eigenvalue weighted by Crippen LogP contribution is -2.28. The minimum absolute atomic E-state index is 0.369. The van der Waals surface area contributed by atoms with Gasteiger partial charge in [0.2, 0.25) is 0 Å². The van der Waals surface area contributed by atoms with Crippen LogP contribution in [0.3, 0.4) is 0 Å². The Labute approximate surface area is 105 Å². The van der Waals surface area contributed by atoms with E-state index in [9.17, 15) is 8.78 Å². The van der Waals surface area contributed by atoms with E-state index >= 15 is 0 Å². The molecule has 0 amide bonds. The van der Waals surface area contributed by atoms with E-state index < -0.39 is 11.6 Å². The Bertz CT molecular complexity index is 384. The summed E-state index contributed by atoms with van der Waals surface area (Å²) >= 11 is 1.51. The zero-order chi connectivity index (χ0) is 12.3. The van der Waals surface area contributed by atoms with Crippen LogP contribution in [0.5, 0.6) is 0 Å². The Hall–Kier alpha value is -0.610. The average Bonchev–Trinajstić information content (AvgIpc) is 2.33. The van der Waals surface area contributed by atoms with Gasteiger partial charge in [-0.2, -0.15) is 0 Å². The first-order valence-electron chi connectivity index (χ1n) is 6.02. The summed E-state index contributed by atoms with van der Waals surface area (Å²) in [4.78, 5) is 0.539. The molecule has 0 aromatic heterocycles. The van der Waals surface area contributed by atoms with Crippen molar-refractivity contribution in [1.82, 2.24) is 0 Å². The van der Waals surface area contributed by atoms with Crippen LogP contribution >= 0.6 is 11.8 Å². The second-order valence-electron chi connectivity index (χ2n) is 4.51. The lowest BCUT2D eigenvalue weighted by Gasteiger charge is -2.30. The van der Waals surface area contributed by atoms with E-state index in [0.29, 0.717) is 22.6 Å². The van der Waals surface area contributed by atoms with Crippen molar-refractivity contribution >= 4 is 11.8 Å². The standard InChI is InChI=1S/C13H17F2NS/c14-10-5-6-13(11(15)7-10)17-12-4-2-1-3-9(12)8-16/h5-7,9,12H,1-4,8,16H2. The van der Waals surface area contributed by atoms with E-state index in [-0.39, 0.29) is 0 Å². The van der Waals surface area contributed by atoms with Gasteiger partial charge in [0.1, 0.15) is 11.6 Å². The highest BCUT2D eigenvalue weighted by Gasteiger charge is 2.25. The van der Waals surface area contributed by atoms with Crippen molar-refractivity contribution in [2.75, 3.05) is 6.54 Å². The van der Waals surface area contributed by atoms with E-state index in [4.69, 9.17) is 5.73 Å². The quantitative estimate of drug-likeness (QED) is 0.895. The maximum absolute atomic E-state index is 13.5. The van der Waals surface area contributed by atoms with Gasteiger partial charge < -0.3 is 5.73 Å². The molecular formula is C13H17F2NS. The van der Waals surface area contributed by atoms with Crippen molar-refractivity contribution in [2.45, 2.75) is 35.8 Å². The number of benzene rings is 1. The number of rotatable bonds is 3. The fraction of sp³-hybridized carbons (Fsp3) is 0.538. The summed E-state index contributed by atoms with van der Waals surface area (Å²) in [7, 11) is 0. The van der Waals surface area contributed by atoms with Crippen molar-refractivity contribution in [3.8, 4) is 0 Å². The molecule has 1 aliphatic carbocycles. The SMILES string of the molecule is NCC1CCCCC1Sc1ccc(F)cc1F. The smallest absolute Gasteiger partial charge is 0.139 e. The summed E-state index contributed by atoms with van der Waals surface area (Å²) in [6.45, 7) is 0.653. The van der Waals surface area contributed by atoms with Gasteiger partial charge in [-0.1, -0.05) is 12.8 Å². The van der Waals surface area contributed by atoms with Crippen LogP contribution in [0.15, 0.2) is 23.1 Å². The zero-order valence-electron chi connectivity index (χ0n) is 9.66. The fourth-order valence-electron chi connectivity index (χ4n) is 2.33. The molecular weight excluding hydrogens is 240 g/mol. The van der Waals surface area contributed by atoms with Gasteiger partial charge in [-0.3, -0.25) is 0 Å². The summed E-state index contributed by atoms with van der Waals surface area (Å²) in [6.07, 6.45) is 4.59. The van der Waals surface area contributed by atoms with Crippen LogP contribution in [0.4, 0.5) is 8.78 Å². The second kappa shape index (κ2) is 5.83. The molecule has 1 saturated carbocycles. The van der Waals surface area contributed by atoms with Crippen LogP contribution in [0.25, 0.3) is 0 Å². The number of nitrogens with two attached hydrogens (primary N) is 1. The summed E-state index contributed by atoms with van der Waals surface area (Å²) in [6, 6.07) is 3.78. The van der Waals surface area contributed by atoms with Crippen LogP contribution < -0.4 is 5.73 Å². The Kier molecular flexibility index (Phi) is 4.40. The summed E-state index contributed by atoms with van der Waals surface area (Å²) < 4.78 is 26.3. The Balaban J connectivity index is 2.08. The monoisotopic (exact) mass is 257 g/mol. The maximum Gasteiger partial charge on any atom is 0.139 e. The van der Waals surface area contributed by atoms with Gasteiger partial charge in [0.05, 0.1) is 0 Å². The topological polar surface area (TPSA) is 26.0 Å². The van der Waals surface area contributed by atoms with E-state index in [1.165, 1.54) is 36.7 Å². The van der Waals surface area contributed by atoms with Gasteiger partial charge in [0, 0.05) is 16.2 Å². The van der Waals surface area contributed by atoms with Crippen LogP contribution in [0.1, 0.15) is 25.7 Å². The first-order valence-corrected chi connectivity index (χ1v) is 6.90. The van der Waals surface area contributed by atoms with Crippen LogP contribution in [0.2, 0.25) is 0 Å². The molecule has 4 heteroatoms. The lowest BCUT2D eigenvalue weighted by molar-refractivity contribution is 0.378. The zero-order valence-corrected chi connectivity index (χ0v) is 10.5. The average molecular weight is 257 g/mol. The molecule has 2 unspecified atom stereocenters. The molecule has 2 N–H and O–H groups in total. The van der Waals surface area contributed by atoms with Gasteiger partial charge in [-0.15, -0.1) is 11.8 Å². The first kappa shape index (κ1) is 12.8. The molecule has 0 saturated heterocycles. The maximum atomic E-state index is 13.5. The van der Waals surface area contributed by atoms with Gasteiger partial charge in [-0.05, 0) is 37.4 Å². The van der Waals surface area contributed by atoms with Gasteiger partial charge in [-0.25, -0.2) is 8.78 Å². The molecule has 0 bridgehead atoms. The normalized spacial score (nSPS) is 24.9. The van der Waals surface area contributed by atoms with Crippen molar-refractivity contribution in [3.05, 3.63) is 29.8 Å². The van der Waals surface area contributed by atoms with E-state index in [2.05, 4.69) is 0 Å². The van der Waals surface area contributed by atoms with E-state index in [1.54, 1.807) is 0 Å². The van der Waals surface area contributed by atoms with E-state index in [0.717, 1.165) is 18.9 Å². The van der Waals surface area contributed by atoms with Crippen LogP contribution in [-0.4, -0.2) is 11.8 Å². The Morgan fingerprint density at radius 2 is 2.00 bits per heavy atom. The molecule has 1 aliphatic rings. The van der Waals surface area contributed by atoms with Crippen LogP contribution in [-0.2, 0) is 0 Å². The summed E-state index contributed by atoms with van der Waals surface area (Å²) in [5.74, 6) is -0.527. The van der Waals surface area contributed by atoms with Gasteiger partial charge >= 0.3 is 0 Å². The van der Waals surface area contributed by atoms with Crippen LogP contribution in [0, 0.1) is 17.6 Å². The molecule has 1 fully saturated rings. The summed E-state index contributed by atoms with van der Waals surface area (Å²) in [5, 5.41) is 0.369. The first-order chi connectivity index (χ1) is 8.20. The Morgan fingerprint density at radius 1 is 1.24 bits per heavy atom. The second-order valence-corrected chi connectivity index (χ2v) is 5.79. The molecule has 94 valence electrons. The molecule has 0 radical (unpaired) electrons. The van der Waals surface area contributed by atoms with E-state index in [1.807, 2.05) is 0 Å². The van der Waals surface area contributed by atoms with Crippen molar-refractivity contribution in [2.24, 2.45) is 11.7 Å². The highest BCUT2D eigenvalue weighted by molar-refractivity contribution is 8.00. The molecule has 2 rings (SSSR count). The summed E-state index contributed by atoms with van der Waals surface area (Å²) in [5.41, 5.74) is 5.74. The third kappa shape index (κ3) is 3.19. The largest absolute Gasteiger partial charge is 0.330 e. The number of thioether (sulfide) groups is 1. The molecule has 0 aliphatic heterocycles. The highest BCUT2D eigenvalue weighted by Crippen LogP contribution is 2.38. The molecule has 0 heterocycles. The van der Waals surface area contributed by atoms with Crippen molar-refractivity contribution < 1.29 is 8.78 Å². The van der Waals surface area contributed by atoms with Crippen molar-refractivity contribution in [3.63, 3.8) is 0 Å². The fourth-order valence-corrected chi connectivity index (χ4v) is 3.70. The predicted molar refractivity (Wildman–Crippen MR) is 67.0 cm³/mol. The minimum atomic E-state index is -0.522. The molecule has 1 aromatic carbocycles. The predicted octanol–water partition coefficient (Wildman–Crippen LogP) is 3.57. The highest BCUT2D eigenvalue weighted by atomic mass is 32.2. The molecule has 1 aromatic rings. The number of halogens is 2. The third-order valence-corrected chi connectivity index (χ3v) is 4.82. The number of hydrogen-bond acceptors (Lipinski definition) is 2. The van der Waals surface area contributed by atoms with Crippen molar-refractivity contribution in [1.29, 1.82) is 0 Å². The Morgan fingerprint density at radius 3 is 2.71 bits per heavy atom. The van der Waals surface area contributed by atoms with Gasteiger partial charge in [0.15, 0.2) is 0 Å². The third-order valence-electron chi connectivity index (χ3n) is 3.31. The molecule has 2 atom stereocenters. The lowest BCUT2D eigenvalue weighted by atomic mass is 9.89. The molecule has 0 spiro atoms. The molecule has 1 nitrogen and oxygen atoms in total.